The van der Waals surface area contributed by atoms with E-state index in [1.807, 2.05) is 12.2 Å². The van der Waals surface area contributed by atoms with Gasteiger partial charge in [-0.1, -0.05) is 26.0 Å². The Balaban J connectivity index is 2.64. The zero-order chi connectivity index (χ0) is 18.1. The second kappa shape index (κ2) is 9.39. The SMILES string of the molecule is CCOc1ccccc1OCC(=O)O[C@@H](C(=O)NC(N)=O)C(C)C. The molecule has 0 bridgehead atoms. The van der Waals surface area contributed by atoms with Gasteiger partial charge in [-0.15, -0.1) is 0 Å². The summed E-state index contributed by atoms with van der Waals surface area (Å²) in [6.45, 7) is 5.22. The van der Waals surface area contributed by atoms with Gasteiger partial charge in [-0.3, -0.25) is 10.1 Å². The number of ether oxygens (including phenoxy) is 3. The molecular formula is C16H22N2O6. The first-order valence-corrected chi connectivity index (χ1v) is 7.49. The van der Waals surface area contributed by atoms with Crippen molar-refractivity contribution < 1.29 is 28.6 Å². The van der Waals surface area contributed by atoms with Crippen LogP contribution in [-0.4, -0.2) is 37.2 Å². The van der Waals surface area contributed by atoms with Crippen LogP contribution in [0.1, 0.15) is 20.8 Å². The molecule has 0 aliphatic heterocycles. The van der Waals surface area contributed by atoms with Gasteiger partial charge in [0.2, 0.25) is 0 Å². The number of rotatable bonds is 8. The van der Waals surface area contributed by atoms with Crippen LogP contribution in [0.25, 0.3) is 0 Å². The summed E-state index contributed by atoms with van der Waals surface area (Å²) in [4.78, 5) is 34.4. The molecule has 0 aliphatic carbocycles. The molecular weight excluding hydrogens is 316 g/mol. The smallest absolute Gasteiger partial charge is 0.344 e. The van der Waals surface area contributed by atoms with E-state index in [1.165, 1.54) is 0 Å². The van der Waals surface area contributed by atoms with Gasteiger partial charge in [0, 0.05) is 0 Å². The molecule has 0 saturated heterocycles. The lowest BCUT2D eigenvalue weighted by molar-refractivity contribution is -0.160. The number of amides is 3. The number of benzene rings is 1. The number of esters is 1. The van der Waals surface area contributed by atoms with Crippen molar-refractivity contribution in [2.45, 2.75) is 26.9 Å². The topological polar surface area (TPSA) is 117 Å². The monoisotopic (exact) mass is 338 g/mol. The Hall–Kier alpha value is -2.77. The highest BCUT2D eigenvalue weighted by atomic mass is 16.6. The number of nitrogens with two attached hydrogens (primary N) is 1. The standard InChI is InChI=1S/C16H22N2O6/c1-4-22-11-7-5-6-8-12(11)23-9-13(19)24-14(10(2)3)15(20)18-16(17)21/h5-8,10,14H,4,9H2,1-3H3,(H3,17,18,20,21)/t14-/m1/s1. The molecule has 0 saturated carbocycles. The van der Waals surface area contributed by atoms with Crippen LogP contribution in [0.15, 0.2) is 24.3 Å². The lowest BCUT2D eigenvalue weighted by Crippen LogP contribution is -2.46. The maximum absolute atomic E-state index is 11.9. The predicted molar refractivity (Wildman–Crippen MR) is 85.6 cm³/mol. The Morgan fingerprint density at radius 3 is 2.21 bits per heavy atom. The quantitative estimate of drug-likeness (QED) is 0.688. The highest BCUT2D eigenvalue weighted by molar-refractivity contribution is 5.96. The molecule has 1 aromatic rings. The molecule has 24 heavy (non-hydrogen) atoms. The number of hydrogen-bond acceptors (Lipinski definition) is 6. The van der Waals surface area contributed by atoms with Crippen molar-refractivity contribution in [3.8, 4) is 11.5 Å². The third-order valence-corrected chi connectivity index (χ3v) is 2.86. The van der Waals surface area contributed by atoms with E-state index in [-0.39, 0.29) is 5.92 Å². The number of para-hydroxylation sites is 2. The fourth-order valence-corrected chi connectivity index (χ4v) is 1.84. The van der Waals surface area contributed by atoms with E-state index in [4.69, 9.17) is 19.9 Å². The summed E-state index contributed by atoms with van der Waals surface area (Å²) in [5.74, 6) is -0.983. The summed E-state index contributed by atoms with van der Waals surface area (Å²) >= 11 is 0. The second-order valence-electron chi connectivity index (χ2n) is 5.18. The number of carbonyl (C=O) groups is 3. The van der Waals surface area contributed by atoms with Crippen molar-refractivity contribution in [1.29, 1.82) is 0 Å². The molecule has 3 N–H and O–H groups in total. The largest absolute Gasteiger partial charge is 0.490 e. The average Bonchev–Trinajstić information content (AvgIpc) is 2.51. The van der Waals surface area contributed by atoms with Crippen molar-refractivity contribution in [2.24, 2.45) is 11.7 Å². The fraction of sp³-hybridized carbons (Fsp3) is 0.438. The minimum absolute atomic E-state index is 0.344. The fourth-order valence-electron chi connectivity index (χ4n) is 1.84. The van der Waals surface area contributed by atoms with E-state index in [1.54, 1.807) is 38.1 Å². The van der Waals surface area contributed by atoms with Crippen molar-refractivity contribution in [3.05, 3.63) is 24.3 Å². The molecule has 3 amide bonds. The van der Waals surface area contributed by atoms with E-state index >= 15 is 0 Å². The molecule has 1 rings (SSSR count). The van der Waals surface area contributed by atoms with Gasteiger partial charge in [0.25, 0.3) is 5.91 Å². The number of primary amides is 1. The highest BCUT2D eigenvalue weighted by Crippen LogP contribution is 2.26. The van der Waals surface area contributed by atoms with E-state index in [2.05, 4.69) is 0 Å². The lowest BCUT2D eigenvalue weighted by Gasteiger charge is -2.20. The average molecular weight is 338 g/mol. The van der Waals surface area contributed by atoms with Gasteiger partial charge < -0.3 is 19.9 Å². The third-order valence-electron chi connectivity index (χ3n) is 2.86. The van der Waals surface area contributed by atoms with Gasteiger partial charge in [0.05, 0.1) is 6.61 Å². The molecule has 1 aromatic carbocycles. The summed E-state index contributed by atoms with van der Waals surface area (Å²) in [5.41, 5.74) is 4.89. The summed E-state index contributed by atoms with van der Waals surface area (Å²) in [5, 5.41) is 1.89. The van der Waals surface area contributed by atoms with Crippen molar-refractivity contribution in [3.63, 3.8) is 0 Å². The first-order valence-electron chi connectivity index (χ1n) is 7.49. The van der Waals surface area contributed by atoms with Crippen LogP contribution < -0.4 is 20.5 Å². The molecule has 8 heteroatoms. The van der Waals surface area contributed by atoms with E-state index in [9.17, 15) is 14.4 Å². The molecule has 0 unspecified atom stereocenters. The summed E-state index contributed by atoms with van der Waals surface area (Å²) in [6.07, 6.45) is -1.14. The Labute approximate surface area is 140 Å². The zero-order valence-electron chi connectivity index (χ0n) is 13.9. The minimum atomic E-state index is -1.14. The zero-order valence-corrected chi connectivity index (χ0v) is 13.9. The van der Waals surface area contributed by atoms with Crippen LogP contribution >= 0.6 is 0 Å². The second-order valence-corrected chi connectivity index (χ2v) is 5.18. The highest BCUT2D eigenvalue weighted by Gasteiger charge is 2.27. The van der Waals surface area contributed by atoms with Gasteiger partial charge in [0.15, 0.2) is 24.2 Å². The van der Waals surface area contributed by atoms with Crippen LogP contribution in [-0.2, 0) is 14.3 Å². The van der Waals surface area contributed by atoms with Gasteiger partial charge in [-0.2, -0.15) is 0 Å². The van der Waals surface area contributed by atoms with Crippen LogP contribution in [0.3, 0.4) is 0 Å². The van der Waals surface area contributed by atoms with Crippen molar-refractivity contribution >= 4 is 17.9 Å². The Morgan fingerprint density at radius 1 is 1.12 bits per heavy atom. The van der Waals surface area contributed by atoms with Gasteiger partial charge in [-0.05, 0) is 25.0 Å². The lowest BCUT2D eigenvalue weighted by atomic mass is 10.1. The Bertz CT molecular complexity index is 588. The molecule has 0 heterocycles. The molecule has 132 valence electrons. The Morgan fingerprint density at radius 2 is 1.71 bits per heavy atom. The number of nitrogens with one attached hydrogen (secondary N) is 1. The summed E-state index contributed by atoms with van der Waals surface area (Å²) in [7, 11) is 0. The maximum Gasteiger partial charge on any atom is 0.344 e. The first-order chi connectivity index (χ1) is 11.3. The molecule has 0 aromatic heterocycles. The van der Waals surface area contributed by atoms with E-state index < -0.39 is 30.6 Å². The maximum atomic E-state index is 11.9. The van der Waals surface area contributed by atoms with Crippen molar-refractivity contribution in [2.75, 3.05) is 13.2 Å². The summed E-state index contributed by atoms with van der Waals surface area (Å²) < 4.78 is 15.8. The van der Waals surface area contributed by atoms with Gasteiger partial charge in [-0.25, -0.2) is 9.59 Å². The molecule has 0 aliphatic rings. The number of carbonyl (C=O) groups excluding carboxylic acids is 3. The van der Waals surface area contributed by atoms with E-state index in [0.29, 0.717) is 18.1 Å². The molecule has 1 atom stereocenters. The first kappa shape index (κ1) is 19.3. The van der Waals surface area contributed by atoms with Crippen LogP contribution in [0.5, 0.6) is 11.5 Å². The van der Waals surface area contributed by atoms with Crippen LogP contribution in [0.2, 0.25) is 0 Å². The summed E-state index contributed by atoms with van der Waals surface area (Å²) in [6, 6.07) is 5.86. The number of urea groups is 1. The molecule has 8 nitrogen and oxygen atoms in total. The normalized spacial score (nSPS) is 11.5. The van der Waals surface area contributed by atoms with Gasteiger partial charge in [0.1, 0.15) is 0 Å². The predicted octanol–water partition coefficient (Wildman–Crippen LogP) is 1.23. The Kier molecular flexibility index (Phi) is 7.54. The van der Waals surface area contributed by atoms with Crippen molar-refractivity contribution in [1.82, 2.24) is 5.32 Å². The molecule has 0 radical (unpaired) electrons. The molecule has 0 fully saturated rings. The number of hydrogen-bond donors (Lipinski definition) is 2. The van der Waals surface area contributed by atoms with Crippen LogP contribution in [0, 0.1) is 5.92 Å². The molecule has 0 spiro atoms. The van der Waals surface area contributed by atoms with Gasteiger partial charge >= 0.3 is 12.0 Å². The van der Waals surface area contributed by atoms with Crippen LogP contribution in [0.4, 0.5) is 4.79 Å². The minimum Gasteiger partial charge on any atom is -0.490 e. The van der Waals surface area contributed by atoms with E-state index in [0.717, 1.165) is 0 Å². The third kappa shape index (κ3) is 6.15. The number of imide groups is 1.